The number of rotatable bonds is 1. The highest BCUT2D eigenvalue weighted by atomic mass is 19.1. The average Bonchev–Trinajstić information content (AvgIpc) is 2.23. The first-order valence-electron chi connectivity index (χ1n) is 5.41. The van der Waals surface area contributed by atoms with Crippen molar-refractivity contribution in [2.24, 2.45) is 5.73 Å². The standard InChI is InChI=1S/C12H17FN2/c1-8-6-9(2-3-11(8)13)10-7-15-5-4-12(10)14/h2-3,6,10,12,15H,4-5,7,14H2,1H3. The zero-order chi connectivity index (χ0) is 10.8. The zero-order valence-electron chi connectivity index (χ0n) is 8.96. The summed E-state index contributed by atoms with van der Waals surface area (Å²) in [6.45, 7) is 3.67. The molecule has 1 aromatic rings. The molecular weight excluding hydrogens is 191 g/mol. The number of nitrogens with two attached hydrogens (primary N) is 1. The molecule has 0 bridgehead atoms. The van der Waals surface area contributed by atoms with E-state index in [-0.39, 0.29) is 11.9 Å². The van der Waals surface area contributed by atoms with Crippen LogP contribution in [0.5, 0.6) is 0 Å². The first kappa shape index (κ1) is 10.6. The van der Waals surface area contributed by atoms with Gasteiger partial charge in [0.2, 0.25) is 0 Å². The molecule has 0 aromatic heterocycles. The molecular formula is C12H17FN2. The number of aryl methyl sites for hydroxylation is 1. The minimum Gasteiger partial charge on any atom is -0.327 e. The van der Waals surface area contributed by atoms with Crippen LogP contribution >= 0.6 is 0 Å². The monoisotopic (exact) mass is 208 g/mol. The van der Waals surface area contributed by atoms with Crippen molar-refractivity contribution >= 4 is 0 Å². The van der Waals surface area contributed by atoms with Crippen LogP contribution in [0.1, 0.15) is 23.5 Å². The van der Waals surface area contributed by atoms with Gasteiger partial charge in [-0.05, 0) is 37.1 Å². The molecule has 82 valence electrons. The molecule has 1 fully saturated rings. The van der Waals surface area contributed by atoms with E-state index >= 15 is 0 Å². The van der Waals surface area contributed by atoms with Gasteiger partial charge in [-0.15, -0.1) is 0 Å². The van der Waals surface area contributed by atoms with Crippen LogP contribution in [0.2, 0.25) is 0 Å². The number of hydrogen-bond donors (Lipinski definition) is 2. The maximum Gasteiger partial charge on any atom is 0.126 e. The highest BCUT2D eigenvalue weighted by Crippen LogP contribution is 2.24. The van der Waals surface area contributed by atoms with Gasteiger partial charge >= 0.3 is 0 Å². The largest absolute Gasteiger partial charge is 0.327 e. The predicted molar refractivity (Wildman–Crippen MR) is 59.3 cm³/mol. The third kappa shape index (κ3) is 2.19. The lowest BCUT2D eigenvalue weighted by atomic mass is 9.87. The number of halogens is 1. The Kier molecular flexibility index (Phi) is 3.03. The predicted octanol–water partition coefficient (Wildman–Crippen LogP) is 1.54. The highest BCUT2D eigenvalue weighted by Gasteiger charge is 2.23. The molecule has 2 unspecified atom stereocenters. The van der Waals surface area contributed by atoms with E-state index in [0.29, 0.717) is 11.5 Å². The Morgan fingerprint density at radius 1 is 1.47 bits per heavy atom. The van der Waals surface area contributed by atoms with E-state index in [1.165, 1.54) is 6.07 Å². The molecule has 0 radical (unpaired) electrons. The van der Waals surface area contributed by atoms with Crippen LogP contribution in [0.25, 0.3) is 0 Å². The SMILES string of the molecule is Cc1cc(C2CNCCC2N)ccc1F. The summed E-state index contributed by atoms with van der Waals surface area (Å²) in [7, 11) is 0. The Labute approximate surface area is 89.7 Å². The first-order chi connectivity index (χ1) is 7.18. The second kappa shape index (κ2) is 4.29. The second-order valence-corrected chi connectivity index (χ2v) is 4.27. The van der Waals surface area contributed by atoms with Crippen LogP contribution < -0.4 is 11.1 Å². The number of benzene rings is 1. The molecule has 1 aliphatic heterocycles. The molecule has 3 N–H and O–H groups in total. The molecule has 1 heterocycles. The molecule has 3 heteroatoms. The zero-order valence-corrected chi connectivity index (χ0v) is 8.96. The lowest BCUT2D eigenvalue weighted by molar-refractivity contribution is 0.402. The van der Waals surface area contributed by atoms with Gasteiger partial charge < -0.3 is 11.1 Å². The molecule has 2 atom stereocenters. The fourth-order valence-corrected chi connectivity index (χ4v) is 2.14. The fourth-order valence-electron chi connectivity index (χ4n) is 2.14. The van der Waals surface area contributed by atoms with Gasteiger partial charge in [-0.1, -0.05) is 12.1 Å². The Morgan fingerprint density at radius 2 is 2.27 bits per heavy atom. The van der Waals surface area contributed by atoms with E-state index < -0.39 is 0 Å². The summed E-state index contributed by atoms with van der Waals surface area (Å²) >= 11 is 0. The molecule has 1 aromatic carbocycles. The third-order valence-corrected chi connectivity index (χ3v) is 3.15. The average molecular weight is 208 g/mol. The summed E-state index contributed by atoms with van der Waals surface area (Å²) in [6, 6.07) is 5.48. The van der Waals surface area contributed by atoms with Crippen molar-refractivity contribution in [1.82, 2.24) is 5.32 Å². The van der Waals surface area contributed by atoms with Crippen molar-refractivity contribution < 1.29 is 4.39 Å². The van der Waals surface area contributed by atoms with Gasteiger partial charge in [0.25, 0.3) is 0 Å². The Bertz CT molecular complexity index is 351. The molecule has 15 heavy (non-hydrogen) atoms. The molecule has 0 spiro atoms. The first-order valence-corrected chi connectivity index (χ1v) is 5.41. The van der Waals surface area contributed by atoms with E-state index in [4.69, 9.17) is 5.73 Å². The smallest absolute Gasteiger partial charge is 0.126 e. The van der Waals surface area contributed by atoms with E-state index in [2.05, 4.69) is 5.32 Å². The van der Waals surface area contributed by atoms with E-state index in [1.807, 2.05) is 12.1 Å². The van der Waals surface area contributed by atoms with E-state index in [0.717, 1.165) is 25.1 Å². The van der Waals surface area contributed by atoms with Crippen molar-refractivity contribution in [3.63, 3.8) is 0 Å². The maximum absolute atomic E-state index is 13.1. The summed E-state index contributed by atoms with van der Waals surface area (Å²) < 4.78 is 13.1. The molecule has 0 amide bonds. The van der Waals surface area contributed by atoms with Crippen LogP contribution in [-0.4, -0.2) is 19.1 Å². The van der Waals surface area contributed by atoms with Crippen LogP contribution in [0.4, 0.5) is 4.39 Å². The quantitative estimate of drug-likeness (QED) is 0.734. The van der Waals surface area contributed by atoms with Crippen molar-refractivity contribution in [2.45, 2.75) is 25.3 Å². The van der Waals surface area contributed by atoms with E-state index in [1.54, 1.807) is 6.92 Å². The van der Waals surface area contributed by atoms with Gasteiger partial charge in [0.15, 0.2) is 0 Å². The minimum absolute atomic E-state index is 0.143. The van der Waals surface area contributed by atoms with Gasteiger partial charge in [-0.25, -0.2) is 4.39 Å². The summed E-state index contributed by atoms with van der Waals surface area (Å²) in [5.74, 6) is 0.175. The van der Waals surface area contributed by atoms with Crippen LogP contribution in [-0.2, 0) is 0 Å². The second-order valence-electron chi connectivity index (χ2n) is 4.27. The van der Waals surface area contributed by atoms with E-state index in [9.17, 15) is 4.39 Å². The summed E-state index contributed by atoms with van der Waals surface area (Å²) in [5, 5.41) is 3.32. The number of nitrogens with one attached hydrogen (secondary N) is 1. The maximum atomic E-state index is 13.1. The third-order valence-electron chi connectivity index (χ3n) is 3.15. The molecule has 0 aliphatic carbocycles. The molecule has 2 rings (SSSR count). The fraction of sp³-hybridized carbons (Fsp3) is 0.500. The Balaban J connectivity index is 2.24. The summed E-state index contributed by atoms with van der Waals surface area (Å²) in [5.41, 5.74) is 7.91. The Hall–Kier alpha value is -0.930. The number of hydrogen-bond acceptors (Lipinski definition) is 2. The topological polar surface area (TPSA) is 38.0 Å². The van der Waals surface area contributed by atoms with Crippen molar-refractivity contribution in [1.29, 1.82) is 0 Å². The Morgan fingerprint density at radius 3 is 2.93 bits per heavy atom. The molecule has 2 nitrogen and oxygen atoms in total. The lowest BCUT2D eigenvalue weighted by Gasteiger charge is -2.29. The normalized spacial score (nSPS) is 26.6. The van der Waals surface area contributed by atoms with Gasteiger partial charge in [-0.3, -0.25) is 0 Å². The van der Waals surface area contributed by atoms with Gasteiger partial charge in [0, 0.05) is 18.5 Å². The van der Waals surface area contributed by atoms with Crippen LogP contribution in [0.15, 0.2) is 18.2 Å². The number of piperidine rings is 1. The highest BCUT2D eigenvalue weighted by molar-refractivity contribution is 5.28. The lowest BCUT2D eigenvalue weighted by Crippen LogP contribution is -2.43. The minimum atomic E-state index is -0.143. The van der Waals surface area contributed by atoms with Crippen LogP contribution in [0.3, 0.4) is 0 Å². The summed E-state index contributed by atoms with van der Waals surface area (Å²) in [4.78, 5) is 0. The molecule has 0 saturated carbocycles. The molecule has 1 saturated heterocycles. The van der Waals surface area contributed by atoms with Crippen LogP contribution in [0, 0.1) is 12.7 Å². The molecule has 1 aliphatic rings. The van der Waals surface area contributed by atoms with Gasteiger partial charge in [-0.2, -0.15) is 0 Å². The van der Waals surface area contributed by atoms with Gasteiger partial charge in [0.1, 0.15) is 5.82 Å². The van der Waals surface area contributed by atoms with Crippen molar-refractivity contribution in [2.75, 3.05) is 13.1 Å². The van der Waals surface area contributed by atoms with Crippen molar-refractivity contribution in [3.05, 3.63) is 35.1 Å². The summed E-state index contributed by atoms with van der Waals surface area (Å²) in [6.07, 6.45) is 0.987. The van der Waals surface area contributed by atoms with Gasteiger partial charge in [0.05, 0.1) is 0 Å². The van der Waals surface area contributed by atoms with Crippen molar-refractivity contribution in [3.8, 4) is 0 Å².